The molecular weight excluding hydrogens is 329 g/mol. The minimum atomic E-state index is -4.30. The zero-order valence-corrected chi connectivity index (χ0v) is 13.0. The van der Waals surface area contributed by atoms with Crippen LogP contribution >= 0.6 is 0 Å². The Kier molecular flexibility index (Phi) is 5.37. The molecule has 1 amide bonds. The van der Waals surface area contributed by atoms with Crippen LogP contribution in [0.2, 0.25) is 0 Å². The van der Waals surface area contributed by atoms with Gasteiger partial charge in [0.05, 0.1) is 17.4 Å². The lowest BCUT2D eigenvalue weighted by Crippen LogP contribution is -2.44. The first-order valence-electron chi connectivity index (χ1n) is 7.38. The Morgan fingerprint density at radius 3 is 2.79 bits per heavy atom. The number of rotatable bonds is 4. The van der Waals surface area contributed by atoms with E-state index in [9.17, 15) is 28.1 Å². The Hall–Kier alpha value is -2.23. The van der Waals surface area contributed by atoms with Crippen molar-refractivity contribution in [2.45, 2.75) is 25.9 Å². The van der Waals surface area contributed by atoms with E-state index >= 15 is 0 Å². The smallest absolute Gasteiger partial charge is 0.310 e. The van der Waals surface area contributed by atoms with Gasteiger partial charge in [-0.15, -0.1) is 0 Å². The van der Waals surface area contributed by atoms with Gasteiger partial charge >= 0.3 is 6.18 Å². The number of aryl methyl sites for hydroxylation is 1. The van der Waals surface area contributed by atoms with Gasteiger partial charge < -0.3 is 5.32 Å². The van der Waals surface area contributed by atoms with Crippen LogP contribution in [0.4, 0.5) is 24.7 Å². The van der Waals surface area contributed by atoms with E-state index in [0.29, 0.717) is 19.4 Å². The molecule has 0 unspecified atom stereocenters. The second kappa shape index (κ2) is 7.12. The van der Waals surface area contributed by atoms with Crippen LogP contribution in [-0.2, 0) is 4.79 Å². The number of nitrogens with zero attached hydrogens (tertiary/aromatic N) is 3. The minimum absolute atomic E-state index is 0.0251. The van der Waals surface area contributed by atoms with Crippen LogP contribution < -0.4 is 5.32 Å². The lowest BCUT2D eigenvalue weighted by molar-refractivity contribution is -0.385. The van der Waals surface area contributed by atoms with Gasteiger partial charge in [0.2, 0.25) is 5.91 Å². The van der Waals surface area contributed by atoms with Crippen molar-refractivity contribution in [1.82, 2.24) is 9.88 Å². The highest BCUT2D eigenvalue weighted by Gasteiger charge is 2.34. The van der Waals surface area contributed by atoms with Crippen molar-refractivity contribution < 1.29 is 22.9 Å². The molecule has 1 saturated heterocycles. The summed E-state index contributed by atoms with van der Waals surface area (Å²) in [4.78, 5) is 27.5. The molecular formula is C14H17F3N4O3. The van der Waals surface area contributed by atoms with Gasteiger partial charge in [-0.05, 0) is 32.4 Å². The zero-order chi connectivity index (χ0) is 17.9. The van der Waals surface area contributed by atoms with E-state index in [1.165, 1.54) is 24.0 Å². The number of pyridine rings is 1. The van der Waals surface area contributed by atoms with Crippen molar-refractivity contribution in [1.29, 1.82) is 0 Å². The van der Waals surface area contributed by atoms with E-state index in [1.54, 1.807) is 0 Å². The van der Waals surface area contributed by atoms with E-state index in [4.69, 9.17) is 0 Å². The van der Waals surface area contributed by atoms with E-state index in [-0.39, 0.29) is 23.7 Å². The zero-order valence-electron chi connectivity index (χ0n) is 13.0. The first kappa shape index (κ1) is 18.1. The number of anilines is 1. The quantitative estimate of drug-likeness (QED) is 0.668. The van der Waals surface area contributed by atoms with Crippen LogP contribution in [0.25, 0.3) is 0 Å². The maximum atomic E-state index is 12.5. The molecule has 1 fully saturated rings. The van der Waals surface area contributed by atoms with Gasteiger partial charge in [-0.2, -0.15) is 13.2 Å². The maximum absolute atomic E-state index is 12.5. The Morgan fingerprint density at radius 2 is 2.21 bits per heavy atom. The number of carbonyl (C=O) groups is 1. The number of carbonyl (C=O) groups excluding carboxylic acids is 1. The Balaban J connectivity index is 1.99. The summed E-state index contributed by atoms with van der Waals surface area (Å²) in [7, 11) is 0. The number of likely N-dealkylation sites (tertiary alicyclic amines) is 1. The summed E-state index contributed by atoms with van der Waals surface area (Å²) < 4.78 is 37.4. The van der Waals surface area contributed by atoms with Gasteiger partial charge in [0.1, 0.15) is 11.5 Å². The Labute approximate surface area is 136 Å². The number of halogens is 3. The third kappa shape index (κ3) is 4.88. The van der Waals surface area contributed by atoms with Crippen molar-refractivity contribution in [2.24, 2.45) is 5.92 Å². The topological polar surface area (TPSA) is 88.4 Å². The van der Waals surface area contributed by atoms with E-state index < -0.39 is 29.5 Å². The summed E-state index contributed by atoms with van der Waals surface area (Å²) in [5.41, 5.74) is -0.0119. The fourth-order valence-corrected chi connectivity index (χ4v) is 2.71. The van der Waals surface area contributed by atoms with E-state index in [0.717, 1.165) is 0 Å². The third-order valence-electron chi connectivity index (χ3n) is 3.79. The predicted octanol–water partition coefficient (Wildman–Crippen LogP) is 2.51. The van der Waals surface area contributed by atoms with Crippen molar-refractivity contribution >= 4 is 17.4 Å². The first-order valence-corrected chi connectivity index (χ1v) is 7.38. The van der Waals surface area contributed by atoms with Crippen LogP contribution in [0.15, 0.2) is 12.1 Å². The molecule has 1 aliphatic rings. The number of hydrogen-bond donors (Lipinski definition) is 1. The van der Waals surface area contributed by atoms with Crippen molar-refractivity contribution in [3.8, 4) is 0 Å². The average Bonchev–Trinajstić information content (AvgIpc) is 2.45. The molecule has 2 rings (SSSR count). The van der Waals surface area contributed by atoms with Crippen molar-refractivity contribution in [2.75, 3.05) is 25.0 Å². The van der Waals surface area contributed by atoms with Gasteiger partial charge in [0.25, 0.3) is 5.69 Å². The molecule has 0 bridgehead atoms. The summed E-state index contributed by atoms with van der Waals surface area (Å²) >= 11 is 0. The molecule has 0 aliphatic carbocycles. The summed E-state index contributed by atoms with van der Waals surface area (Å²) in [6, 6.07) is 2.54. The normalized spacial score (nSPS) is 19.1. The largest absolute Gasteiger partial charge is 0.401 e. The molecule has 0 radical (unpaired) electrons. The number of hydrogen-bond acceptors (Lipinski definition) is 5. The van der Waals surface area contributed by atoms with Gasteiger partial charge in [-0.1, -0.05) is 0 Å². The summed E-state index contributed by atoms with van der Waals surface area (Å²) in [6.07, 6.45) is -3.30. The number of nitrogens with one attached hydrogen (secondary N) is 1. The summed E-state index contributed by atoms with van der Waals surface area (Å²) in [5, 5.41) is 13.3. The molecule has 0 spiro atoms. The third-order valence-corrected chi connectivity index (χ3v) is 3.79. The second-order valence-electron chi connectivity index (χ2n) is 5.74. The monoisotopic (exact) mass is 346 g/mol. The number of piperidine rings is 1. The van der Waals surface area contributed by atoms with Crippen molar-refractivity contribution in [3.05, 3.63) is 27.9 Å². The molecule has 1 atom stereocenters. The Bertz CT molecular complexity index is 636. The number of alkyl halides is 3. The maximum Gasteiger partial charge on any atom is 0.401 e. The second-order valence-corrected chi connectivity index (χ2v) is 5.74. The number of nitro groups is 1. The molecule has 1 aromatic heterocycles. The van der Waals surface area contributed by atoms with Crippen LogP contribution in [-0.4, -0.2) is 46.5 Å². The molecule has 1 aliphatic heterocycles. The van der Waals surface area contributed by atoms with Gasteiger partial charge in [0, 0.05) is 12.6 Å². The SMILES string of the molecule is Cc1nc(NC(=O)[C@@H]2CCCN(CC(F)(F)F)C2)ccc1[N+](=O)[O-]. The van der Waals surface area contributed by atoms with Gasteiger partial charge in [-0.25, -0.2) is 4.98 Å². The highest BCUT2D eigenvalue weighted by Crippen LogP contribution is 2.24. The fourth-order valence-electron chi connectivity index (χ4n) is 2.71. The summed E-state index contributed by atoms with van der Waals surface area (Å²) in [5.74, 6) is -0.850. The highest BCUT2D eigenvalue weighted by molar-refractivity contribution is 5.92. The molecule has 0 saturated carbocycles. The molecule has 24 heavy (non-hydrogen) atoms. The standard InChI is InChI=1S/C14H17F3N4O3/c1-9-11(21(23)24)4-5-12(18-9)19-13(22)10-3-2-6-20(7-10)8-14(15,16)17/h4-5,10H,2-3,6-8H2,1H3,(H,18,19,22)/t10-/m1/s1. The number of aromatic nitrogens is 1. The highest BCUT2D eigenvalue weighted by atomic mass is 19.4. The molecule has 132 valence electrons. The van der Waals surface area contributed by atoms with Crippen LogP contribution in [0.5, 0.6) is 0 Å². The molecule has 10 heteroatoms. The van der Waals surface area contributed by atoms with Gasteiger partial charge in [-0.3, -0.25) is 19.8 Å². The molecule has 0 aromatic carbocycles. The molecule has 1 N–H and O–H groups in total. The fraction of sp³-hybridized carbons (Fsp3) is 0.571. The molecule has 1 aromatic rings. The molecule has 2 heterocycles. The van der Waals surface area contributed by atoms with Crippen LogP contribution in [0.3, 0.4) is 0 Å². The van der Waals surface area contributed by atoms with Crippen LogP contribution in [0, 0.1) is 23.0 Å². The average molecular weight is 346 g/mol. The minimum Gasteiger partial charge on any atom is -0.310 e. The van der Waals surface area contributed by atoms with E-state index in [2.05, 4.69) is 10.3 Å². The summed E-state index contributed by atoms with van der Waals surface area (Å²) in [6.45, 7) is 0.737. The first-order chi connectivity index (χ1) is 11.2. The van der Waals surface area contributed by atoms with Gasteiger partial charge in [0.15, 0.2) is 0 Å². The predicted molar refractivity (Wildman–Crippen MR) is 79.5 cm³/mol. The lowest BCUT2D eigenvalue weighted by atomic mass is 9.97. The van der Waals surface area contributed by atoms with Crippen LogP contribution in [0.1, 0.15) is 18.5 Å². The van der Waals surface area contributed by atoms with Crippen molar-refractivity contribution in [3.63, 3.8) is 0 Å². The Morgan fingerprint density at radius 1 is 1.50 bits per heavy atom. The molecule has 7 nitrogen and oxygen atoms in total. The lowest BCUT2D eigenvalue weighted by Gasteiger charge is -2.32. The number of amides is 1. The van der Waals surface area contributed by atoms with E-state index in [1.807, 2.05) is 0 Å².